The van der Waals surface area contributed by atoms with Crippen molar-refractivity contribution < 1.29 is 27.8 Å². The Balaban J connectivity index is 1.49. The van der Waals surface area contributed by atoms with Gasteiger partial charge < -0.3 is 24.7 Å². The van der Waals surface area contributed by atoms with Crippen molar-refractivity contribution in [3.63, 3.8) is 0 Å². The van der Waals surface area contributed by atoms with E-state index < -0.39 is 11.3 Å². The number of Topliss-reactive ketones (excluding diaryl/α,β-unsaturated/α-hetero) is 1. The average Bonchev–Trinajstić information content (AvgIpc) is 3.82. The number of benzene rings is 3. The van der Waals surface area contributed by atoms with Crippen molar-refractivity contribution in [3.8, 4) is 11.5 Å². The summed E-state index contributed by atoms with van der Waals surface area (Å²) in [5.41, 5.74) is 2.16. The molecule has 1 heterocycles. The van der Waals surface area contributed by atoms with E-state index in [4.69, 9.17) is 9.47 Å². The fraction of sp³-hybridized carbons (Fsp3) is 0.241. The first kappa shape index (κ1) is 28.0. The molecule has 0 spiro atoms. The Labute approximate surface area is 239 Å². The van der Waals surface area contributed by atoms with Gasteiger partial charge in [0.1, 0.15) is 17.3 Å². The summed E-state index contributed by atoms with van der Waals surface area (Å²) in [5.74, 6) is 1.09. The third kappa shape index (κ3) is 6.79. The number of fused-ring (bicyclic) bond motifs is 1. The second-order valence-corrected chi connectivity index (χ2v) is 10.3. The van der Waals surface area contributed by atoms with Gasteiger partial charge in [0.2, 0.25) is 5.91 Å². The molecule has 0 radical (unpaired) electrons. The lowest BCUT2D eigenvalue weighted by Crippen LogP contribution is -2.23. The Morgan fingerprint density at radius 2 is 1.61 bits per heavy atom. The lowest BCUT2D eigenvalue weighted by molar-refractivity contribution is -0.123. The number of nitrogens with one attached hydrogen (secondary N) is 2. The molecule has 1 saturated carbocycles. The number of ether oxygens (including phenoxy) is 2. The molecule has 0 saturated heterocycles. The van der Waals surface area contributed by atoms with Crippen molar-refractivity contribution in [2.45, 2.75) is 25.7 Å². The summed E-state index contributed by atoms with van der Waals surface area (Å²) in [6.07, 6.45) is 2.03. The average molecular weight is 575 g/mol. The summed E-state index contributed by atoms with van der Waals surface area (Å²) in [6, 6.07) is 18.6. The van der Waals surface area contributed by atoms with Crippen molar-refractivity contribution >= 4 is 62.7 Å². The zero-order valence-corrected chi connectivity index (χ0v) is 23.3. The van der Waals surface area contributed by atoms with Gasteiger partial charge in [0.15, 0.2) is 11.6 Å². The second kappa shape index (κ2) is 12.3. The van der Waals surface area contributed by atoms with Crippen LogP contribution in [0.25, 0.3) is 11.0 Å². The Bertz CT molecular complexity index is 1600. The third-order valence-corrected chi connectivity index (χ3v) is 7.19. The van der Waals surface area contributed by atoms with Crippen molar-refractivity contribution in [2.75, 3.05) is 29.2 Å². The molecule has 0 bridgehead atoms. The van der Waals surface area contributed by atoms with E-state index in [1.165, 1.54) is 20.3 Å². The van der Waals surface area contributed by atoms with Gasteiger partial charge in [0, 0.05) is 48.3 Å². The summed E-state index contributed by atoms with van der Waals surface area (Å²) < 4.78 is 37.1. The first-order valence-corrected chi connectivity index (χ1v) is 14.0. The Kier molecular flexibility index (Phi) is 8.41. The normalized spacial score (nSPS) is 13.3. The zero-order chi connectivity index (χ0) is 28.9. The minimum absolute atomic E-state index is 0.0114. The quantitative estimate of drug-likeness (QED) is 0.223. The highest BCUT2D eigenvalue weighted by Crippen LogP contribution is 2.36. The number of nitrogens with zero attached hydrogens (tertiary/aromatic N) is 3. The van der Waals surface area contributed by atoms with Crippen LogP contribution in [0, 0.1) is 5.92 Å². The van der Waals surface area contributed by atoms with Crippen LogP contribution < -0.4 is 24.4 Å². The van der Waals surface area contributed by atoms with Crippen molar-refractivity contribution in [2.24, 2.45) is 5.92 Å². The second-order valence-electron chi connectivity index (χ2n) is 9.46. The van der Waals surface area contributed by atoms with Crippen LogP contribution in [-0.2, 0) is 20.9 Å². The predicted molar refractivity (Wildman–Crippen MR) is 155 cm³/mol. The molecule has 5 rings (SSSR count). The number of hydrogen-bond donors (Lipinski definition) is 2. The van der Waals surface area contributed by atoms with Crippen molar-refractivity contribution in [1.82, 2.24) is 9.97 Å². The number of carbonyl (C=O) groups is 2. The topological polar surface area (TPSA) is 146 Å². The number of para-hydroxylation sites is 2. The summed E-state index contributed by atoms with van der Waals surface area (Å²) in [6.45, 7) is 0. The highest BCUT2D eigenvalue weighted by molar-refractivity contribution is 7.81. The minimum Gasteiger partial charge on any atom is -0.755 e. The Hall–Kier alpha value is -4.55. The number of anilines is 5. The van der Waals surface area contributed by atoms with E-state index in [1.54, 1.807) is 54.6 Å². The highest BCUT2D eigenvalue weighted by atomic mass is 32.2. The molecule has 3 aromatic carbocycles. The van der Waals surface area contributed by atoms with Gasteiger partial charge in [-0.3, -0.25) is 18.1 Å². The van der Waals surface area contributed by atoms with Gasteiger partial charge in [0.05, 0.1) is 42.2 Å². The number of carbonyl (C=O) groups excluding carboxylic acids is 2. The molecule has 1 aliphatic carbocycles. The summed E-state index contributed by atoms with van der Waals surface area (Å²) in [7, 11) is 3.05. The molecule has 11 nitrogen and oxygen atoms in total. The maximum Gasteiger partial charge on any atom is 0.224 e. The van der Waals surface area contributed by atoms with Crippen LogP contribution in [-0.4, -0.2) is 44.6 Å². The lowest BCUT2D eigenvalue weighted by atomic mass is 10.1. The van der Waals surface area contributed by atoms with E-state index in [0.717, 1.165) is 17.1 Å². The number of aromatic nitrogens is 2. The van der Waals surface area contributed by atoms with E-state index in [-0.39, 0.29) is 47.8 Å². The maximum atomic E-state index is 12.7. The fourth-order valence-electron chi connectivity index (χ4n) is 4.29. The van der Waals surface area contributed by atoms with E-state index in [0.29, 0.717) is 33.9 Å². The number of rotatable bonds is 12. The van der Waals surface area contributed by atoms with E-state index in [9.17, 15) is 18.4 Å². The molecule has 4 aromatic rings. The molecule has 41 heavy (non-hydrogen) atoms. The SMILES string of the molecule is COc1cc(Nc2nc3ccccc3nc2N(c2cccc(NC(=O)CCC(=O)C3CC3)c2)S(=O)[O-])cc(OC)c1. The van der Waals surface area contributed by atoms with E-state index >= 15 is 0 Å². The first-order chi connectivity index (χ1) is 19.8. The van der Waals surface area contributed by atoms with Gasteiger partial charge >= 0.3 is 0 Å². The number of amides is 1. The van der Waals surface area contributed by atoms with Crippen LogP contribution in [0.3, 0.4) is 0 Å². The van der Waals surface area contributed by atoms with Crippen LogP contribution >= 0.6 is 0 Å². The van der Waals surface area contributed by atoms with Crippen LogP contribution in [0.4, 0.5) is 28.7 Å². The summed E-state index contributed by atoms with van der Waals surface area (Å²) >= 11 is -2.82. The predicted octanol–water partition coefficient (Wildman–Crippen LogP) is 5.02. The molecule has 1 amide bonds. The summed E-state index contributed by atoms with van der Waals surface area (Å²) in [5, 5.41) is 5.91. The number of methoxy groups -OCH3 is 2. The molecular weight excluding hydrogens is 546 g/mol. The zero-order valence-electron chi connectivity index (χ0n) is 22.5. The monoisotopic (exact) mass is 574 g/mol. The molecule has 0 aliphatic heterocycles. The van der Waals surface area contributed by atoms with Crippen LogP contribution in [0.15, 0.2) is 66.7 Å². The molecule has 1 aliphatic rings. The Morgan fingerprint density at radius 1 is 0.927 bits per heavy atom. The molecule has 1 fully saturated rings. The number of hydrogen-bond acceptors (Lipinski definition) is 9. The van der Waals surface area contributed by atoms with Crippen molar-refractivity contribution in [1.29, 1.82) is 0 Å². The molecule has 1 unspecified atom stereocenters. The van der Waals surface area contributed by atoms with E-state index in [2.05, 4.69) is 20.6 Å². The number of ketones is 1. The van der Waals surface area contributed by atoms with Gasteiger partial charge in [0.25, 0.3) is 0 Å². The van der Waals surface area contributed by atoms with Gasteiger partial charge in [-0.15, -0.1) is 0 Å². The van der Waals surface area contributed by atoms with Crippen molar-refractivity contribution in [3.05, 3.63) is 66.7 Å². The Morgan fingerprint density at radius 3 is 2.24 bits per heavy atom. The highest BCUT2D eigenvalue weighted by Gasteiger charge is 2.29. The molecule has 2 N–H and O–H groups in total. The fourth-order valence-corrected chi connectivity index (χ4v) is 4.85. The van der Waals surface area contributed by atoms with E-state index in [1.807, 2.05) is 6.07 Å². The van der Waals surface area contributed by atoms with Gasteiger partial charge in [-0.25, -0.2) is 9.97 Å². The molecule has 1 atom stereocenters. The smallest absolute Gasteiger partial charge is 0.224 e. The molecule has 12 heteroatoms. The van der Waals surface area contributed by atoms with Crippen LogP contribution in [0.5, 0.6) is 11.5 Å². The van der Waals surface area contributed by atoms with Crippen LogP contribution in [0.1, 0.15) is 25.7 Å². The van der Waals surface area contributed by atoms with Gasteiger partial charge in [-0.05, 0) is 43.2 Å². The molecular formula is C29H28N5O6S-. The molecule has 1 aromatic heterocycles. The van der Waals surface area contributed by atoms with Gasteiger partial charge in [-0.1, -0.05) is 18.2 Å². The summed E-state index contributed by atoms with van der Waals surface area (Å²) in [4.78, 5) is 33.8. The van der Waals surface area contributed by atoms with Crippen LogP contribution in [0.2, 0.25) is 0 Å². The molecule has 212 valence electrons. The third-order valence-electron chi connectivity index (χ3n) is 6.50. The maximum absolute atomic E-state index is 12.7. The lowest BCUT2D eigenvalue weighted by Gasteiger charge is -2.27. The minimum atomic E-state index is -2.82. The van der Waals surface area contributed by atoms with Gasteiger partial charge in [-0.2, -0.15) is 0 Å². The largest absolute Gasteiger partial charge is 0.755 e. The standard InChI is InChI=1S/C29H29N5O6S/c1-39-22-15-20(16-23(17-22)40-2)31-28-29(33-25-9-4-3-8-24(25)32-28)34(41(37)38)21-7-5-6-19(14-21)30-27(36)13-12-26(35)18-10-11-18/h3-9,14-18H,10-13H2,1-2H3,(H,30,36)(H,31,32)(H,37,38)/p-1. The first-order valence-electron chi connectivity index (χ1n) is 12.9.